The molecule has 0 radical (unpaired) electrons. The number of aryl methyl sites for hydroxylation is 1. The fourth-order valence-electron chi connectivity index (χ4n) is 14.9. The lowest BCUT2D eigenvalue weighted by molar-refractivity contribution is -0.951. The minimum atomic E-state index is -5.00. The first-order valence-corrected chi connectivity index (χ1v) is 30.3. The first-order chi connectivity index (χ1) is 36.4. The van der Waals surface area contributed by atoms with Gasteiger partial charge in [0.25, 0.3) is 0 Å². The summed E-state index contributed by atoms with van der Waals surface area (Å²) in [7, 11) is -5.00. The predicted octanol–water partition coefficient (Wildman–Crippen LogP) is 6.19. The van der Waals surface area contributed by atoms with Crippen molar-refractivity contribution in [3.8, 4) is 5.75 Å². The number of benzene rings is 2. The lowest BCUT2D eigenvalue weighted by atomic mass is 9.46. The Morgan fingerprint density at radius 1 is 0.948 bits per heavy atom. The summed E-state index contributed by atoms with van der Waals surface area (Å²) in [5, 5.41) is 27.0. The molecule has 1 aliphatic heterocycles. The fourth-order valence-corrected chi connectivity index (χ4v) is 15.3. The van der Waals surface area contributed by atoms with Gasteiger partial charge in [-0.1, -0.05) is 94.0 Å². The number of ether oxygens (including phenoxy) is 4. The van der Waals surface area contributed by atoms with Gasteiger partial charge in [0.05, 0.1) is 31.4 Å². The van der Waals surface area contributed by atoms with E-state index in [1.54, 1.807) is 31.2 Å². The summed E-state index contributed by atoms with van der Waals surface area (Å²) < 4.78 is 43.5. The zero-order chi connectivity index (χ0) is 54.3. The van der Waals surface area contributed by atoms with Gasteiger partial charge in [0.2, 0.25) is 5.78 Å². The third-order valence-electron chi connectivity index (χ3n) is 19.2. The fraction of sp³-hybridized carbons (Fsp3) is 0.683. The van der Waals surface area contributed by atoms with Crippen LogP contribution in [0.15, 0.2) is 72.3 Å². The monoisotopic (exact) mass is 1110 g/mol. The number of nitrogens with zero attached hydrogens (tertiary/aromatic N) is 1. The number of phosphoric acid groups is 1. The minimum absolute atomic E-state index is 0. The Hall–Kier alpha value is -3.31. The Labute approximate surface area is 463 Å². The number of likely N-dealkylation sites (N-methyl/N-ethyl adjacent to an activating group) is 1. The highest BCUT2D eigenvalue weighted by molar-refractivity contribution is 7.46. The number of hydrogen-bond acceptors (Lipinski definition) is 12. The highest BCUT2D eigenvalue weighted by Gasteiger charge is 2.76. The van der Waals surface area contributed by atoms with E-state index in [0.29, 0.717) is 43.6 Å². The molecule has 8 rings (SSSR count). The molecule has 0 bridgehead atoms. The van der Waals surface area contributed by atoms with Crippen molar-refractivity contribution in [2.75, 3.05) is 46.0 Å². The molecule has 11 atom stereocenters. The van der Waals surface area contributed by atoms with E-state index in [2.05, 4.69) is 43.4 Å². The van der Waals surface area contributed by atoms with E-state index >= 15 is 4.79 Å². The van der Waals surface area contributed by atoms with Crippen LogP contribution in [0, 0.1) is 34.5 Å². The zero-order valence-corrected chi connectivity index (χ0v) is 47.9. The molecule has 0 aromatic heterocycles. The quantitative estimate of drug-likeness (QED) is 0.0293. The number of hydrogen-bond donors (Lipinski definition) is 5. The third-order valence-corrected chi connectivity index (χ3v) is 19.7. The summed E-state index contributed by atoms with van der Waals surface area (Å²) >= 11 is 0. The van der Waals surface area contributed by atoms with Gasteiger partial charge in [-0.25, -0.2) is 9.36 Å². The number of nitrogens with one attached hydrogen (secondary N) is 1. The van der Waals surface area contributed by atoms with Crippen LogP contribution in [0.3, 0.4) is 0 Å². The molecule has 2 aromatic carbocycles. The van der Waals surface area contributed by atoms with Gasteiger partial charge in [0, 0.05) is 48.0 Å². The number of quaternary nitrogens is 1. The number of carbonyl (C=O) groups is 3. The third kappa shape index (κ3) is 13.4. The smallest absolute Gasteiger partial charge is 0.524 e. The van der Waals surface area contributed by atoms with E-state index in [1.165, 1.54) is 11.6 Å². The number of carbonyl (C=O) groups excluding carboxylic acids is 3. The molecular weight excluding hydrogens is 1020 g/mol. The largest absolute Gasteiger partial charge is 1.00 e. The van der Waals surface area contributed by atoms with E-state index in [1.807, 2.05) is 26.0 Å². The van der Waals surface area contributed by atoms with Gasteiger partial charge in [-0.3, -0.25) is 19.4 Å². The summed E-state index contributed by atoms with van der Waals surface area (Å²) in [5.41, 5.74) is 0.541. The van der Waals surface area contributed by atoms with Crippen molar-refractivity contribution >= 4 is 25.4 Å². The van der Waals surface area contributed by atoms with E-state index in [9.17, 15) is 34.2 Å². The van der Waals surface area contributed by atoms with Crippen LogP contribution in [-0.4, -0.2) is 118 Å². The van der Waals surface area contributed by atoms with Crippen molar-refractivity contribution in [1.29, 1.82) is 0 Å². The lowest BCUT2D eigenvalue weighted by Crippen LogP contribution is -3.00. The molecule has 5 unspecified atom stereocenters. The van der Waals surface area contributed by atoms with Crippen molar-refractivity contribution < 1.29 is 79.3 Å². The molecule has 5 aliphatic carbocycles. The lowest BCUT2D eigenvalue weighted by Gasteiger charge is -2.59. The van der Waals surface area contributed by atoms with Crippen LogP contribution < -0.4 is 22.2 Å². The van der Waals surface area contributed by atoms with Crippen LogP contribution >= 0.6 is 7.82 Å². The van der Waals surface area contributed by atoms with Gasteiger partial charge in [-0.15, -0.1) is 0 Å². The van der Waals surface area contributed by atoms with Crippen molar-refractivity contribution in [3.63, 3.8) is 0 Å². The van der Waals surface area contributed by atoms with Gasteiger partial charge in [0.1, 0.15) is 12.3 Å². The Kier molecular flexibility index (Phi) is 21.1. The average molecular weight is 1110 g/mol. The van der Waals surface area contributed by atoms with Crippen LogP contribution in [0.1, 0.15) is 154 Å². The van der Waals surface area contributed by atoms with Gasteiger partial charge >= 0.3 is 13.8 Å². The number of fused-ring (bicyclic) bond motifs is 7. The molecule has 5 fully saturated rings. The molecule has 1 saturated heterocycles. The summed E-state index contributed by atoms with van der Waals surface area (Å²) in [6.45, 7) is 12.7. The van der Waals surface area contributed by atoms with Gasteiger partial charge in [0.15, 0.2) is 30.3 Å². The van der Waals surface area contributed by atoms with Gasteiger partial charge in [-0.05, 0) is 145 Å². The maximum absolute atomic E-state index is 15.3. The molecule has 2 aromatic rings. The standard InChI is InChI=1S/C60H87N2O13P.ClH/c1-6-62(7-2,39-45-34-44(25-28-52(45)75-76(68,69)70)51(65)38-61-31-17-8-9-18-32-71-33-19-16-22-42-20-12-10-13-21-42)41(3)56(67)72-40-53(66)60-54(73-57(74-60)43-23-14-11-15-24-43)36-49-48-27-26-46-35-47(63)29-30-58(46,4)55(48)50(64)37-59(49,60)5;/h10,12-13,20-21,25,28-30,34-35,41,43,48-51,54-55,57,61,64-65H,6-9,11,14-19,22-24,26-27,31-33,36-40H2,1-5H3,(H-,68,69,70);1H/t41?,48?,49?,50-,51?,54-,55?,57+,58-,59-,60+;/m0./s1. The number of esters is 1. The topological polar surface area (TPSA) is 207 Å². The summed E-state index contributed by atoms with van der Waals surface area (Å²) in [6, 6.07) is 14.4. The molecule has 15 nitrogen and oxygen atoms in total. The number of Topliss-reactive ketones (excluding diaryl/α,β-unsaturated/α-hetero) is 1. The molecule has 17 heteroatoms. The molecule has 1 heterocycles. The summed E-state index contributed by atoms with van der Waals surface area (Å²) in [5.74, 6) is -1.11. The maximum Gasteiger partial charge on any atom is 0.524 e. The predicted molar refractivity (Wildman–Crippen MR) is 289 cm³/mol. The van der Waals surface area contributed by atoms with Crippen LogP contribution in [0.2, 0.25) is 0 Å². The highest BCUT2D eigenvalue weighted by Crippen LogP contribution is 2.70. The second kappa shape index (κ2) is 26.5. The van der Waals surface area contributed by atoms with Gasteiger partial charge in [-0.2, -0.15) is 0 Å². The number of allylic oxidation sites excluding steroid dienone is 4. The average Bonchev–Trinajstić information content (AvgIpc) is 4.17. The van der Waals surface area contributed by atoms with Crippen LogP contribution in [0.4, 0.5) is 0 Å². The van der Waals surface area contributed by atoms with Crippen molar-refractivity contribution in [3.05, 3.63) is 89.0 Å². The highest BCUT2D eigenvalue weighted by atomic mass is 35.5. The van der Waals surface area contributed by atoms with Crippen molar-refractivity contribution in [2.24, 2.45) is 34.5 Å². The van der Waals surface area contributed by atoms with Crippen LogP contribution in [-0.2, 0) is 50.9 Å². The van der Waals surface area contributed by atoms with E-state index in [0.717, 1.165) is 109 Å². The molecule has 0 amide bonds. The molecule has 0 spiro atoms. The number of halogens is 1. The molecule has 428 valence electrons. The normalized spacial score (nSPS) is 29.8. The first kappa shape index (κ1) is 61.3. The number of unbranched alkanes of at least 4 members (excludes halogenated alkanes) is 4. The second-order valence-corrected chi connectivity index (χ2v) is 24.7. The number of phosphoric ester groups is 1. The zero-order valence-electron chi connectivity index (χ0n) is 46.3. The van der Waals surface area contributed by atoms with Crippen molar-refractivity contribution in [2.45, 2.75) is 180 Å². The number of aliphatic hydroxyl groups excluding tert-OH is 2. The van der Waals surface area contributed by atoms with Gasteiger partial charge < -0.3 is 55.9 Å². The molecule has 6 aliphatic rings. The molecule has 5 N–H and O–H groups in total. The summed E-state index contributed by atoms with van der Waals surface area (Å²) in [6.07, 6.45) is 17.1. The molecule has 4 saturated carbocycles. The Bertz CT molecular complexity index is 2430. The Morgan fingerprint density at radius 2 is 1.66 bits per heavy atom. The Balaban J connectivity index is 0.00000861. The maximum atomic E-state index is 15.3. The van der Waals surface area contributed by atoms with Crippen LogP contribution in [0.5, 0.6) is 5.75 Å². The van der Waals surface area contributed by atoms with E-state index < -0.39 is 67.5 Å². The van der Waals surface area contributed by atoms with Crippen molar-refractivity contribution in [1.82, 2.24) is 5.32 Å². The van der Waals surface area contributed by atoms with E-state index in [-0.39, 0.29) is 71.0 Å². The Morgan fingerprint density at radius 3 is 2.38 bits per heavy atom. The SMILES string of the molecule is CC[N+](CC)(Cc1cc(C(O)CNCCCCCCOCCCCc2ccccc2)ccc1OP(=O)(O)O)C(C)C(=O)OCC(=O)[C@@]12O[C@H](C3CCCCC3)O[C@H]1CC1C3CCC4=CC(=O)C=C[C@]4(C)C3[C@@H](O)C[C@@]12C.[Cl-]. The number of aliphatic hydroxyl groups is 2. The number of ketones is 2. The first-order valence-electron chi connectivity index (χ1n) is 28.8. The van der Waals surface area contributed by atoms with Crippen LogP contribution in [0.25, 0.3) is 0 Å². The summed E-state index contributed by atoms with van der Waals surface area (Å²) in [4.78, 5) is 62.2. The molecule has 77 heavy (non-hydrogen) atoms. The number of rotatable bonds is 27. The molecular formula is C60H88ClN2O13P. The van der Waals surface area contributed by atoms with E-state index in [4.69, 9.17) is 23.5 Å². The second-order valence-electron chi connectivity index (χ2n) is 23.5. The minimum Gasteiger partial charge on any atom is -1.00 e.